The van der Waals surface area contributed by atoms with E-state index in [-0.39, 0.29) is 12.4 Å². The highest BCUT2D eigenvalue weighted by molar-refractivity contribution is 7.85. The van der Waals surface area contributed by atoms with Crippen LogP contribution in [0.2, 0.25) is 0 Å². The maximum atomic E-state index is 12.4. The second kappa shape index (κ2) is 7.62. The third-order valence-electron chi connectivity index (χ3n) is 3.24. The van der Waals surface area contributed by atoms with Gasteiger partial charge in [-0.1, -0.05) is 48.2 Å². The standard InChI is InChI=1S/C19H14O4S/c20-19-14-18(16-10-4-5-11-17(16)23-19)24(21)13-7-6-12-22-15-8-2-1-3-9-15/h1-5,8-11,14H,12-13H2. The Bertz CT molecular complexity index is 981. The molecular weight excluding hydrogens is 324 g/mol. The van der Waals surface area contributed by atoms with Gasteiger partial charge in [-0.05, 0) is 18.2 Å². The molecule has 0 bridgehead atoms. The normalized spacial score (nSPS) is 11.5. The summed E-state index contributed by atoms with van der Waals surface area (Å²) in [6.45, 7) is 0.221. The zero-order valence-electron chi connectivity index (χ0n) is 12.7. The number of para-hydroxylation sites is 2. The van der Waals surface area contributed by atoms with Gasteiger partial charge in [0.05, 0.1) is 21.4 Å². The lowest BCUT2D eigenvalue weighted by Crippen LogP contribution is -2.04. The van der Waals surface area contributed by atoms with Crippen molar-refractivity contribution in [2.75, 3.05) is 12.4 Å². The summed E-state index contributed by atoms with van der Waals surface area (Å²) in [5.74, 6) is 6.53. The van der Waals surface area contributed by atoms with Gasteiger partial charge in [-0.15, -0.1) is 0 Å². The molecule has 0 N–H and O–H groups in total. The smallest absolute Gasteiger partial charge is 0.337 e. The molecular formula is C19H14O4S. The number of fused-ring (bicyclic) bond motifs is 1. The molecule has 0 fully saturated rings. The third kappa shape index (κ3) is 3.92. The lowest BCUT2D eigenvalue weighted by Gasteiger charge is -2.02. The van der Waals surface area contributed by atoms with Crippen LogP contribution in [-0.2, 0) is 10.8 Å². The highest BCUT2D eigenvalue weighted by atomic mass is 32.2. The van der Waals surface area contributed by atoms with Crippen LogP contribution in [0.3, 0.4) is 0 Å². The average Bonchev–Trinajstić information content (AvgIpc) is 2.61. The summed E-state index contributed by atoms with van der Waals surface area (Å²) in [6.07, 6.45) is 0. The summed E-state index contributed by atoms with van der Waals surface area (Å²) >= 11 is 0. The van der Waals surface area contributed by atoms with Crippen molar-refractivity contribution in [3.05, 3.63) is 71.1 Å². The molecule has 1 aromatic heterocycles. The first kappa shape index (κ1) is 16.0. The van der Waals surface area contributed by atoms with Crippen molar-refractivity contribution in [3.63, 3.8) is 0 Å². The van der Waals surface area contributed by atoms with Gasteiger partial charge in [0, 0.05) is 11.5 Å². The molecule has 1 unspecified atom stereocenters. The number of benzene rings is 2. The van der Waals surface area contributed by atoms with Crippen molar-refractivity contribution in [3.8, 4) is 17.6 Å². The fourth-order valence-electron chi connectivity index (χ4n) is 2.15. The van der Waals surface area contributed by atoms with Crippen LogP contribution in [-0.4, -0.2) is 16.6 Å². The van der Waals surface area contributed by atoms with Gasteiger partial charge in [0.2, 0.25) is 0 Å². The first-order valence-electron chi connectivity index (χ1n) is 7.29. The lowest BCUT2D eigenvalue weighted by molar-refractivity contribution is 0.370. The Balaban J connectivity index is 1.68. The van der Waals surface area contributed by atoms with E-state index in [1.165, 1.54) is 6.07 Å². The van der Waals surface area contributed by atoms with Gasteiger partial charge < -0.3 is 9.15 Å². The molecule has 4 nitrogen and oxygen atoms in total. The van der Waals surface area contributed by atoms with Gasteiger partial charge in [0.25, 0.3) is 0 Å². The zero-order chi connectivity index (χ0) is 16.8. The van der Waals surface area contributed by atoms with Crippen molar-refractivity contribution < 1.29 is 13.4 Å². The van der Waals surface area contributed by atoms with Gasteiger partial charge in [-0.25, -0.2) is 4.79 Å². The Morgan fingerprint density at radius 1 is 1.00 bits per heavy atom. The molecule has 5 heteroatoms. The fourth-order valence-corrected chi connectivity index (χ4v) is 3.18. The number of ether oxygens (including phenoxy) is 1. The summed E-state index contributed by atoms with van der Waals surface area (Å²) in [6, 6.07) is 17.6. The van der Waals surface area contributed by atoms with Crippen LogP contribution in [0.5, 0.6) is 5.75 Å². The second-order valence-corrected chi connectivity index (χ2v) is 6.29. The highest BCUT2D eigenvalue weighted by Gasteiger charge is 2.10. The average molecular weight is 338 g/mol. The van der Waals surface area contributed by atoms with Gasteiger partial charge in [-0.2, -0.15) is 0 Å². The molecule has 0 aliphatic carbocycles. The minimum Gasteiger partial charge on any atom is -0.481 e. The first-order chi connectivity index (χ1) is 11.7. The van der Waals surface area contributed by atoms with Crippen LogP contribution in [0.1, 0.15) is 0 Å². The minimum absolute atomic E-state index is 0.131. The topological polar surface area (TPSA) is 56.5 Å². The van der Waals surface area contributed by atoms with Gasteiger partial charge >= 0.3 is 5.63 Å². The van der Waals surface area contributed by atoms with Gasteiger partial charge in [0.15, 0.2) is 0 Å². The molecule has 24 heavy (non-hydrogen) atoms. The Morgan fingerprint density at radius 3 is 2.58 bits per heavy atom. The molecule has 0 saturated carbocycles. The molecule has 1 heterocycles. The predicted molar refractivity (Wildman–Crippen MR) is 93.5 cm³/mol. The molecule has 0 spiro atoms. The molecule has 3 aromatic rings. The molecule has 0 aliphatic heterocycles. The Morgan fingerprint density at radius 2 is 1.75 bits per heavy atom. The van der Waals surface area contributed by atoms with E-state index >= 15 is 0 Å². The van der Waals surface area contributed by atoms with E-state index in [2.05, 4.69) is 11.8 Å². The van der Waals surface area contributed by atoms with Crippen molar-refractivity contribution in [1.82, 2.24) is 0 Å². The molecule has 3 rings (SSSR count). The quantitative estimate of drug-likeness (QED) is 0.542. The number of hydrogen-bond acceptors (Lipinski definition) is 4. The molecule has 2 aromatic carbocycles. The number of hydrogen-bond donors (Lipinski definition) is 0. The van der Waals surface area contributed by atoms with Crippen molar-refractivity contribution in [2.24, 2.45) is 0 Å². The Hall–Kier alpha value is -2.84. The summed E-state index contributed by atoms with van der Waals surface area (Å²) in [7, 11) is -1.41. The molecule has 0 radical (unpaired) electrons. The van der Waals surface area contributed by atoms with E-state index in [1.54, 1.807) is 18.2 Å². The van der Waals surface area contributed by atoms with Crippen LogP contribution >= 0.6 is 0 Å². The Labute approximate surface area is 141 Å². The minimum atomic E-state index is -1.41. The summed E-state index contributed by atoms with van der Waals surface area (Å²) < 4.78 is 23.0. The highest BCUT2D eigenvalue weighted by Crippen LogP contribution is 2.19. The molecule has 0 aliphatic rings. The molecule has 120 valence electrons. The maximum absolute atomic E-state index is 12.4. The van der Waals surface area contributed by atoms with Crippen molar-refractivity contribution in [2.45, 2.75) is 4.90 Å². The van der Waals surface area contributed by atoms with Crippen LogP contribution in [0.25, 0.3) is 11.0 Å². The summed E-state index contributed by atoms with van der Waals surface area (Å²) in [5, 5.41) is 0.665. The van der Waals surface area contributed by atoms with E-state index in [9.17, 15) is 9.00 Å². The van der Waals surface area contributed by atoms with Crippen LogP contribution < -0.4 is 10.4 Å². The summed E-state index contributed by atoms with van der Waals surface area (Å²) in [4.78, 5) is 12.0. The monoisotopic (exact) mass is 338 g/mol. The first-order valence-corrected chi connectivity index (χ1v) is 8.61. The zero-order valence-corrected chi connectivity index (χ0v) is 13.5. The van der Waals surface area contributed by atoms with Crippen LogP contribution in [0.15, 0.2) is 74.8 Å². The van der Waals surface area contributed by atoms with E-state index in [4.69, 9.17) is 9.15 Å². The fraction of sp³-hybridized carbons (Fsp3) is 0.105. The van der Waals surface area contributed by atoms with Gasteiger partial charge in [-0.3, -0.25) is 4.21 Å². The van der Waals surface area contributed by atoms with E-state index in [0.29, 0.717) is 15.9 Å². The number of rotatable bonds is 4. The maximum Gasteiger partial charge on any atom is 0.337 e. The van der Waals surface area contributed by atoms with Crippen LogP contribution in [0.4, 0.5) is 0 Å². The third-order valence-corrected chi connectivity index (χ3v) is 4.47. The SMILES string of the molecule is O=c1cc(S(=O)CC#CCOc2ccccc2)c2ccccc2o1. The molecule has 1 atom stereocenters. The van der Waals surface area contributed by atoms with E-state index < -0.39 is 16.4 Å². The predicted octanol–water partition coefficient (Wildman–Crippen LogP) is 2.98. The lowest BCUT2D eigenvalue weighted by atomic mass is 10.2. The van der Waals surface area contributed by atoms with Crippen molar-refractivity contribution in [1.29, 1.82) is 0 Å². The largest absolute Gasteiger partial charge is 0.481 e. The van der Waals surface area contributed by atoms with Crippen LogP contribution in [0, 0.1) is 11.8 Å². The Kier molecular flexibility index (Phi) is 5.09. The van der Waals surface area contributed by atoms with E-state index in [1.807, 2.05) is 36.4 Å². The van der Waals surface area contributed by atoms with E-state index in [0.717, 1.165) is 5.75 Å². The van der Waals surface area contributed by atoms with Crippen molar-refractivity contribution >= 4 is 21.8 Å². The summed E-state index contributed by atoms with van der Waals surface area (Å²) in [5.41, 5.74) is -0.0915. The second-order valence-electron chi connectivity index (χ2n) is 4.87. The molecule has 0 amide bonds. The molecule has 0 saturated heterocycles. The van der Waals surface area contributed by atoms with Gasteiger partial charge in [0.1, 0.15) is 17.9 Å².